The molecule has 1 saturated carbocycles. The molecule has 1 heterocycles. The highest BCUT2D eigenvalue weighted by Crippen LogP contribution is 2.36. The first-order chi connectivity index (χ1) is 8.96. The molecule has 2 aliphatic rings. The van der Waals surface area contributed by atoms with E-state index in [-0.39, 0.29) is 12.0 Å². The molecule has 1 unspecified atom stereocenters. The summed E-state index contributed by atoms with van der Waals surface area (Å²) in [6.07, 6.45) is 4.94. The molecule has 2 amide bonds. The molecule has 0 bridgehead atoms. The standard InChI is InChI=1S/C13H22N2O4/c1-12(4-2-3-5-12)8-14-11(18)15-13(10(16)17)6-7-19-9-13/h2-9H2,1H3,(H,16,17)(H2,14,15,18). The summed E-state index contributed by atoms with van der Waals surface area (Å²) in [6, 6.07) is -0.416. The average Bonchev–Trinajstić information content (AvgIpc) is 2.98. The van der Waals surface area contributed by atoms with Crippen LogP contribution in [0.2, 0.25) is 0 Å². The van der Waals surface area contributed by atoms with Gasteiger partial charge in [0.15, 0.2) is 5.54 Å². The van der Waals surface area contributed by atoms with Crippen LogP contribution in [0.1, 0.15) is 39.0 Å². The number of hydrogen-bond acceptors (Lipinski definition) is 3. The van der Waals surface area contributed by atoms with E-state index >= 15 is 0 Å². The maximum Gasteiger partial charge on any atom is 0.332 e. The normalized spacial score (nSPS) is 29.1. The topological polar surface area (TPSA) is 87.7 Å². The number of carbonyl (C=O) groups is 2. The second kappa shape index (κ2) is 5.36. The monoisotopic (exact) mass is 270 g/mol. The molecule has 2 rings (SSSR count). The molecule has 0 aromatic carbocycles. The van der Waals surface area contributed by atoms with Crippen LogP contribution in [0.4, 0.5) is 4.79 Å². The largest absolute Gasteiger partial charge is 0.479 e. The van der Waals surface area contributed by atoms with Gasteiger partial charge in [-0.15, -0.1) is 0 Å². The Morgan fingerprint density at radius 1 is 1.26 bits per heavy atom. The van der Waals surface area contributed by atoms with Crippen LogP contribution in [0.25, 0.3) is 0 Å². The van der Waals surface area contributed by atoms with E-state index in [4.69, 9.17) is 4.74 Å². The summed E-state index contributed by atoms with van der Waals surface area (Å²) in [4.78, 5) is 23.1. The number of carboxylic acids is 1. The Morgan fingerprint density at radius 3 is 2.47 bits per heavy atom. The van der Waals surface area contributed by atoms with Gasteiger partial charge in [-0.1, -0.05) is 19.8 Å². The van der Waals surface area contributed by atoms with Gasteiger partial charge in [0.05, 0.1) is 6.61 Å². The third-order valence-electron chi connectivity index (χ3n) is 4.27. The van der Waals surface area contributed by atoms with Gasteiger partial charge < -0.3 is 20.5 Å². The molecule has 2 fully saturated rings. The van der Waals surface area contributed by atoms with Gasteiger partial charge >= 0.3 is 12.0 Å². The molecule has 0 aromatic heterocycles. The predicted octanol–water partition coefficient (Wildman–Crippen LogP) is 1.11. The minimum absolute atomic E-state index is 0.0347. The molecule has 6 heteroatoms. The van der Waals surface area contributed by atoms with E-state index in [9.17, 15) is 14.7 Å². The first-order valence-corrected chi connectivity index (χ1v) is 6.83. The summed E-state index contributed by atoms with van der Waals surface area (Å²) in [6.45, 7) is 3.15. The molecular formula is C13H22N2O4. The molecule has 1 saturated heterocycles. The zero-order valence-electron chi connectivity index (χ0n) is 11.3. The SMILES string of the molecule is CC1(CNC(=O)NC2(C(=O)O)CCOC2)CCCC1. The van der Waals surface area contributed by atoms with Crippen molar-refractivity contribution in [1.82, 2.24) is 10.6 Å². The predicted molar refractivity (Wildman–Crippen MR) is 68.9 cm³/mol. The van der Waals surface area contributed by atoms with Crippen LogP contribution < -0.4 is 10.6 Å². The van der Waals surface area contributed by atoms with Crippen LogP contribution in [0.5, 0.6) is 0 Å². The van der Waals surface area contributed by atoms with Crippen molar-refractivity contribution < 1.29 is 19.4 Å². The first kappa shape index (κ1) is 14.1. The maximum absolute atomic E-state index is 11.9. The number of hydrogen-bond donors (Lipinski definition) is 3. The minimum atomic E-state index is -1.26. The second-order valence-electron chi connectivity index (χ2n) is 6.02. The van der Waals surface area contributed by atoms with Crippen molar-refractivity contribution in [3.63, 3.8) is 0 Å². The Labute approximate surface area is 112 Å². The number of carbonyl (C=O) groups excluding carboxylic acids is 1. The number of nitrogens with one attached hydrogen (secondary N) is 2. The molecular weight excluding hydrogens is 248 g/mol. The lowest BCUT2D eigenvalue weighted by Crippen LogP contribution is -2.58. The zero-order valence-corrected chi connectivity index (χ0v) is 11.3. The summed E-state index contributed by atoms with van der Waals surface area (Å²) in [5, 5.41) is 14.6. The van der Waals surface area contributed by atoms with E-state index < -0.39 is 17.5 Å². The highest BCUT2D eigenvalue weighted by atomic mass is 16.5. The van der Waals surface area contributed by atoms with Gasteiger partial charge in [0.25, 0.3) is 0 Å². The minimum Gasteiger partial charge on any atom is -0.479 e. The maximum atomic E-state index is 11.9. The second-order valence-corrected chi connectivity index (χ2v) is 6.02. The molecule has 3 N–H and O–H groups in total. The first-order valence-electron chi connectivity index (χ1n) is 6.83. The Morgan fingerprint density at radius 2 is 1.95 bits per heavy atom. The third kappa shape index (κ3) is 3.18. The van der Waals surface area contributed by atoms with Crippen molar-refractivity contribution in [2.45, 2.75) is 44.6 Å². The van der Waals surface area contributed by atoms with Gasteiger partial charge in [-0.3, -0.25) is 0 Å². The fourth-order valence-electron chi connectivity index (χ4n) is 2.85. The van der Waals surface area contributed by atoms with Gasteiger partial charge in [-0.2, -0.15) is 0 Å². The molecule has 0 spiro atoms. The Bertz CT molecular complexity index is 358. The van der Waals surface area contributed by atoms with Crippen molar-refractivity contribution in [3.8, 4) is 0 Å². The van der Waals surface area contributed by atoms with E-state index in [1.165, 1.54) is 12.8 Å². The van der Waals surface area contributed by atoms with Gasteiger partial charge in [-0.05, 0) is 18.3 Å². The van der Waals surface area contributed by atoms with Gasteiger partial charge in [-0.25, -0.2) is 9.59 Å². The molecule has 19 heavy (non-hydrogen) atoms. The van der Waals surface area contributed by atoms with Crippen LogP contribution in [-0.4, -0.2) is 42.4 Å². The quantitative estimate of drug-likeness (QED) is 0.714. The van der Waals surface area contributed by atoms with Crippen molar-refractivity contribution in [3.05, 3.63) is 0 Å². The van der Waals surface area contributed by atoms with Crippen LogP contribution in [0, 0.1) is 5.41 Å². The number of ether oxygens (including phenoxy) is 1. The lowest BCUT2D eigenvalue weighted by Gasteiger charge is -2.27. The molecule has 1 atom stereocenters. The van der Waals surface area contributed by atoms with Crippen LogP contribution in [0.15, 0.2) is 0 Å². The van der Waals surface area contributed by atoms with Crippen molar-refractivity contribution in [2.75, 3.05) is 19.8 Å². The summed E-state index contributed by atoms with van der Waals surface area (Å²) in [7, 11) is 0. The molecule has 0 radical (unpaired) electrons. The average molecular weight is 270 g/mol. The Hall–Kier alpha value is -1.30. The van der Waals surface area contributed by atoms with Gasteiger partial charge in [0.2, 0.25) is 0 Å². The fourth-order valence-corrected chi connectivity index (χ4v) is 2.85. The Balaban J connectivity index is 1.85. The van der Waals surface area contributed by atoms with Crippen LogP contribution in [-0.2, 0) is 9.53 Å². The number of amides is 2. The number of rotatable bonds is 4. The molecule has 1 aliphatic heterocycles. The lowest BCUT2D eigenvalue weighted by molar-refractivity contribution is -0.144. The molecule has 0 aromatic rings. The van der Waals surface area contributed by atoms with Crippen molar-refractivity contribution in [2.24, 2.45) is 5.41 Å². The van der Waals surface area contributed by atoms with E-state index in [1.54, 1.807) is 0 Å². The third-order valence-corrected chi connectivity index (χ3v) is 4.27. The highest BCUT2D eigenvalue weighted by Gasteiger charge is 2.44. The lowest BCUT2D eigenvalue weighted by atomic mass is 9.89. The van der Waals surface area contributed by atoms with Crippen LogP contribution in [0.3, 0.4) is 0 Å². The Kier molecular flexibility index (Phi) is 3.99. The van der Waals surface area contributed by atoms with Gasteiger partial charge in [0, 0.05) is 19.6 Å². The summed E-state index contributed by atoms with van der Waals surface area (Å²) in [5.41, 5.74) is -1.11. The van der Waals surface area contributed by atoms with E-state index in [0.717, 1.165) is 12.8 Å². The number of aliphatic carboxylic acids is 1. The zero-order chi connectivity index (χ0) is 13.9. The van der Waals surface area contributed by atoms with Crippen molar-refractivity contribution >= 4 is 12.0 Å². The van der Waals surface area contributed by atoms with E-state index in [0.29, 0.717) is 19.6 Å². The molecule has 108 valence electrons. The van der Waals surface area contributed by atoms with Crippen molar-refractivity contribution in [1.29, 1.82) is 0 Å². The number of carboxylic acid groups (broad SMARTS) is 1. The van der Waals surface area contributed by atoms with E-state index in [2.05, 4.69) is 17.6 Å². The molecule has 1 aliphatic carbocycles. The smallest absolute Gasteiger partial charge is 0.332 e. The summed E-state index contributed by atoms with van der Waals surface area (Å²) < 4.78 is 5.10. The molecule has 6 nitrogen and oxygen atoms in total. The number of urea groups is 1. The van der Waals surface area contributed by atoms with E-state index in [1.807, 2.05) is 0 Å². The summed E-state index contributed by atoms with van der Waals surface area (Å²) >= 11 is 0. The van der Waals surface area contributed by atoms with Gasteiger partial charge in [0.1, 0.15) is 0 Å². The van der Waals surface area contributed by atoms with Crippen LogP contribution >= 0.6 is 0 Å². The summed E-state index contributed by atoms with van der Waals surface area (Å²) in [5.74, 6) is -1.03. The fraction of sp³-hybridized carbons (Fsp3) is 0.846. The highest BCUT2D eigenvalue weighted by molar-refractivity contribution is 5.86.